The lowest BCUT2D eigenvalue weighted by atomic mass is 10.2. The number of amides is 1. The molecule has 9 heteroatoms. The number of rotatable bonds is 5. The Morgan fingerprint density at radius 1 is 1.55 bits per heavy atom. The van der Waals surface area contributed by atoms with E-state index in [1.165, 1.54) is 6.20 Å². The van der Waals surface area contributed by atoms with E-state index in [2.05, 4.69) is 15.3 Å². The number of nitrogens with two attached hydrogens (primary N) is 1. The summed E-state index contributed by atoms with van der Waals surface area (Å²) in [5, 5.41) is 12.8. The minimum Gasteiger partial charge on any atom is -0.391 e. The molecule has 1 fully saturated rings. The van der Waals surface area contributed by atoms with Crippen molar-refractivity contribution in [2.75, 3.05) is 5.32 Å². The number of primary amides is 1. The average molecular weight is 300 g/mol. The van der Waals surface area contributed by atoms with Gasteiger partial charge >= 0.3 is 0 Å². The molecule has 1 aliphatic rings. The zero-order valence-electron chi connectivity index (χ0n) is 10.7. The Morgan fingerprint density at radius 3 is 2.85 bits per heavy atom. The number of carbonyl (C=O) groups is 1. The summed E-state index contributed by atoms with van der Waals surface area (Å²) in [7, 11) is 0. The van der Waals surface area contributed by atoms with Crippen LogP contribution in [-0.2, 0) is 16.8 Å². The molecule has 3 atom stereocenters. The lowest BCUT2D eigenvalue weighted by Crippen LogP contribution is -2.30. The minimum absolute atomic E-state index is 0.0940. The van der Waals surface area contributed by atoms with Gasteiger partial charge in [-0.1, -0.05) is 0 Å². The average Bonchev–Trinajstić information content (AvgIpc) is 2.74. The van der Waals surface area contributed by atoms with E-state index in [1.54, 1.807) is 0 Å². The number of nitrogens with zero attached hydrogens (tertiary/aromatic N) is 2. The third-order valence-corrected chi connectivity index (χ3v) is 3.66. The van der Waals surface area contributed by atoms with Gasteiger partial charge in [-0.05, 0) is 19.3 Å². The summed E-state index contributed by atoms with van der Waals surface area (Å²) < 4.78 is 19.6. The third-order valence-electron chi connectivity index (χ3n) is 3.16. The molecule has 5 N–H and O–H groups in total. The van der Waals surface area contributed by atoms with Crippen molar-refractivity contribution < 1.29 is 18.7 Å². The molecule has 0 radical (unpaired) electrons. The molecule has 1 aromatic rings. The highest BCUT2D eigenvalue weighted by Crippen LogP contribution is 2.23. The van der Waals surface area contributed by atoms with Crippen LogP contribution >= 0.6 is 0 Å². The van der Waals surface area contributed by atoms with Gasteiger partial charge in [0.1, 0.15) is 17.4 Å². The van der Waals surface area contributed by atoms with Crippen LogP contribution < -0.4 is 11.1 Å². The molecule has 1 heterocycles. The first-order valence-corrected chi connectivity index (χ1v) is 7.42. The van der Waals surface area contributed by atoms with Crippen LogP contribution in [0.3, 0.4) is 0 Å². The van der Waals surface area contributed by atoms with Crippen molar-refractivity contribution >= 4 is 22.8 Å². The van der Waals surface area contributed by atoms with Crippen LogP contribution in [0.4, 0.5) is 5.82 Å². The standard InChI is InChI=1S/C11H16N4O4S/c12-10(17)6-4-13-9(5-20(18)19)15-11(6)14-7-2-1-3-8(7)16/h4,7-8,16H,1-3,5H2,(H2,12,17)(H,18,19)(H,13,14,15)/t7-,8-/m0/s1. The second-order valence-electron chi connectivity index (χ2n) is 4.63. The van der Waals surface area contributed by atoms with Crippen LogP contribution in [-0.4, -0.2) is 41.9 Å². The second kappa shape index (κ2) is 6.25. The largest absolute Gasteiger partial charge is 0.391 e. The maximum Gasteiger partial charge on any atom is 0.254 e. The van der Waals surface area contributed by atoms with Gasteiger partial charge in [0, 0.05) is 6.20 Å². The number of carbonyl (C=O) groups excluding carboxylic acids is 1. The van der Waals surface area contributed by atoms with Gasteiger partial charge in [0.2, 0.25) is 0 Å². The first-order valence-electron chi connectivity index (χ1n) is 6.15. The van der Waals surface area contributed by atoms with E-state index in [1.807, 2.05) is 0 Å². The van der Waals surface area contributed by atoms with Crippen LogP contribution in [0.25, 0.3) is 0 Å². The molecule has 20 heavy (non-hydrogen) atoms. The lowest BCUT2D eigenvalue weighted by Gasteiger charge is -2.18. The molecule has 0 bridgehead atoms. The number of hydrogen-bond acceptors (Lipinski definition) is 6. The Balaban J connectivity index is 2.26. The molecule has 2 rings (SSSR count). The van der Waals surface area contributed by atoms with Gasteiger partial charge in [-0.25, -0.2) is 14.2 Å². The molecule has 1 unspecified atom stereocenters. The molecular weight excluding hydrogens is 284 g/mol. The van der Waals surface area contributed by atoms with Gasteiger partial charge in [-0.15, -0.1) is 0 Å². The van der Waals surface area contributed by atoms with E-state index in [0.29, 0.717) is 6.42 Å². The monoisotopic (exact) mass is 300 g/mol. The van der Waals surface area contributed by atoms with Crippen LogP contribution in [0.5, 0.6) is 0 Å². The van der Waals surface area contributed by atoms with Crippen LogP contribution in [0.15, 0.2) is 6.20 Å². The molecule has 0 saturated heterocycles. The van der Waals surface area contributed by atoms with Gasteiger partial charge in [0.25, 0.3) is 5.91 Å². The van der Waals surface area contributed by atoms with Crippen molar-refractivity contribution in [3.63, 3.8) is 0 Å². The SMILES string of the molecule is NC(=O)c1cnc(CS(=O)O)nc1N[C@H]1CCC[C@@H]1O. The molecule has 0 aliphatic heterocycles. The number of aliphatic hydroxyl groups is 1. The summed E-state index contributed by atoms with van der Waals surface area (Å²) in [6.07, 6.45) is 3.03. The van der Waals surface area contributed by atoms with E-state index < -0.39 is 23.1 Å². The summed E-state index contributed by atoms with van der Waals surface area (Å²) >= 11 is -2.07. The summed E-state index contributed by atoms with van der Waals surface area (Å²) in [4.78, 5) is 19.2. The first-order chi connectivity index (χ1) is 9.47. The zero-order valence-corrected chi connectivity index (χ0v) is 11.5. The van der Waals surface area contributed by atoms with Gasteiger partial charge in [0.15, 0.2) is 11.1 Å². The Bertz CT molecular complexity index is 539. The van der Waals surface area contributed by atoms with Gasteiger partial charge in [-0.3, -0.25) is 4.79 Å². The van der Waals surface area contributed by atoms with E-state index in [4.69, 9.17) is 10.3 Å². The van der Waals surface area contributed by atoms with E-state index in [9.17, 15) is 14.1 Å². The molecule has 8 nitrogen and oxygen atoms in total. The Labute approximate surface area is 118 Å². The molecule has 0 aromatic carbocycles. The molecule has 1 aromatic heterocycles. The second-order valence-corrected chi connectivity index (χ2v) is 5.56. The number of nitrogens with one attached hydrogen (secondary N) is 1. The predicted molar refractivity (Wildman–Crippen MR) is 72.3 cm³/mol. The number of hydrogen-bond donors (Lipinski definition) is 4. The molecular formula is C11H16N4O4S. The van der Waals surface area contributed by atoms with E-state index >= 15 is 0 Å². The highest BCUT2D eigenvalue weighted by Gasteiger charge is 2.27. The fourth-order valence-electron chi connectivity index (χ4n) is 2.17. The van der Waals surface area contributed by atoms with Gasteiger partial charge in [0.05, 0.1) is 17.7 Å². The number of anilines is 1. The summed E-state index contributed by atoms with van der Waals surface area (Å²) in [6.45, 7) is 0. The van der Waals surface area contributed by atoms with Crippen molar-refractivity contribution in [2.45, 2.75) is 37.2 Å². The first kappa shape index (κ1) is 14.8. The number of aliphatic hydroxyl groups excluding tert-OH is 1. The van der Waals surface area contributed by atoms with Crippen LogP contribution in [0.2, 0.25) is 0 Å². The molecule has 1 aliphatic carbocycles. The Morgan fingerprint density at radius 2 is 2.30 bits per heavy atom. The molecule has 110 valence electrons. The van der Waals surface area contributed by atoms with Crippen molar-refractivity contribution in [1.29, 1.82) is 0 Å². The lowest BCUT2D eigenvalue weighted by molar-refractivity contribution is 0.1000. The molecule has 1 amide bonds. The van der Waals surface area contributed by atoms with Gasteiger partial charge < -0.3 is 20.7 Å². The quantitative estimate of drug-likeness (QED) is 0.544. The van der Waals surface area contributed by atoms with Crippen molar-refractivity contribution in [3.05, 3.63) is 17.6 Å². The Hall–Kier alpha value is -1.58. The summed E-state index contributed by atoms with van der Waals surface area (Å²) in [5.41, 5.74) is 5.34. The zero-order chi connectivity index (χ0) is 14.7. The maximum absolute atomic E-state index is 11.3. The summed E-state index contributed by atoms with van der Waals surface area (Å²) in [6, 6.07) is -0.213. The number of aromatic nitrogens is 2. The smallest absolute Gasteiger partial charge is 0.254 e. The van der Waals surface area contributed by atoms with E-state index in [0.717, 1.165) is 12.8 Å². The van der Waals surface area contributed by atoms with Crippen LogP contribution in [0, 0.1) is 0 Å². The van der Waals surface area contributed by atoms with Gasteiger partial charge in [-0.2, -0.15) is 0 Å². The fourth-order valence-corrected chi connectivity index (χ4v) is 2.53. The Kier molecular flexibility index (Phi) is 4.63. The third kappa shape index (κ3) is 3.50. The highest BCUT2D eigenvalue weighted by atomic mass is 32.2. The van der Waals surface area contributed by atoms with Crippen molar-refractivity contribution in [1.82, 2.24) is 9.97 Å². The normalized spacial score (nSPS) is 23.5. The molecule has 0 spiro atoms. The van der Waals surface area contributed by atoms with Crippen LogP contribution in [0.1, 0.15) is 35.4 Å². The topological polar surface area (TPSA) is 138 Å². The highest BCUT2D eigenvalue weighted by molar-refractivity contribution is 7.78. The minimum atomic E-state index is -2.07. The molecule has 1 saturated carbocycles. The maximum atomic E-state index is 11.3. The predicted octanol–water partition coefficient (Wildman–Crippen LogP) is -0.378. The fraction of sp³-hybridized carbons (Fsp3) is 0.545. The summed E-state index contributed by atoms with van der Waals surface area (Å²) in [5.74, 6) is -0.609. The van der Waals surface area contributed by atoms with Crippen molar-refractivity contribution in [3.8, 4) is 0 Å². The van der Waals surface area contributed by atoms with Crippen molar-refractivity contribution in [2.24, 2.45) is 5.73 Å². The van der Waals surface area contributed by atoms with E-state index in [-0.39, 0.29) is 29.0 Å².